The number of carbonyl (C=O) groups excluding carboxylic acids is 2. The first-order valence-corrected chi connectivity index (χ1v) is 8.91. The number of fused-ring (bicyclic) bond motifs is 1. The summed E-state index contributed by atoms with van der Waals surface area (Å²) in [5, 5.41) is 2.59. The monoisotopic (exact) mass is 377 g/mol. The Morgan fingerprint density at radius 2 is 2.22 bits per heavy atom. The normalized spacial score (nSPS) is 20.0. The minimum atomic E-state index is -0.440. The molecule has 3 rings (SSSR count). The van der Waals surface area contributed by atoms with E-state index in [2.05, 4.69) is 20.3 Å². The molecule has 1 saturated heterocycles. The third-order valence-corrected chi connectivity index (χ3v) is 4.31. The average molecular weight is 377 g/mol. The van der Waals surface area contributed by atoms with Crippen LogP contribution in [0, 0.1) is 5.92 Å². The molecule has 1 fully saturated rings. The largest absolute Gasteiger partial charge is 0.463 e. The minimum Gasteiger partial charge on any atom is -0.463 e. The highest BCUT2D eigenvalue weighted by Crippen LogP contribution is 2.29. The van der Waals surface area contributed by atoms with Crippen LogP contribution in [-0.4, -0.2) is 44.1 Å². The highest BCUT2D eigenvalue weighted by molar-refractivity contribution is 5.91. The van der Waals surface area contributed by atoms with Gasteiger partial charge >= 0.3 is 5.97 Å². The van der Waals surface area contributed by atoms with E-state index in [1.54, 1.807) is 18.4 Å². The molecule has 2 atom stereocenters. The molecule has 1 amide bonds. The van der Waals surface area contributed by atoms with Crippen LogP contribution in [0.15, 0.2) is 11.1 Å². The van der Waals surface area contributed by atoms with Crippen LogP contribution < -0.4 is 10.9 Å². The molecule has 1 aliphatic heterocycles. The summed E-state index contributed by atoms with van der Waals surface area (Å²) >= 11 is 0. The quantitative estimate of drug-likeness (QED) is 0.753. The van der Waals surface area contributed by atoms with Crippen LogP contribution in [0.5, 0.6) is 0 Å². The van der Waals surface area contributed by atoms with Crippen LogP contribution in [0.3, 0.4) is 0 Å². The van der Waals surface area contributed by atoms with Crippen molar-refractivity contribution in [2.45, 2.75) is 52.4 Å². The molecular weight excluding hydrogens is 354 g/mol. The minimum absolute atomic E-state index is 0.0697. The number of carbonyl (C=O) groups is 2. The van der Waals surface area contributed by atoms with Crippen LogP contribution in [0.25, 0.3) is 11.2 Å². The third kappa shape index (κ3) is 4.33. The fourth-order valence-electron chi connectivity index (χ4n) is 2.87. The molecule has 0 spiro atoms. The fraction of sp³-hybridized carbons (Fsp3) is 0.588. The Morgan fingerprint density at radius 3 is 2.93 bits per heavy atom. The van der Waals surface area contributed by atoms with Crippen molar-refractivity contribution in [2.24, 2.45) is 5.92 Å². The summed E-state index contributed by atoms with van der Waals surface area (Å²) in [4.78, 5) is 46.2. The SMILES string of the molecule is CC(=O)OC[C@@H]1CCC[C@H](n2cnc3c(=O)[nH]c(NC(=O)C(C)C)nc32)O1. The van der Waals surface area contributed by atoms with Gasteiger partial charge in [-0.25, -0.2) is 4.98 Å². The lowest BCUT2D eigenvalue weighted by atomic mass is 10.1. The number of H-pyrrole nitrogens is 1. The van der Waals surface area contributed by atoms with E-state index in [0.717, 1.165) is 12.8 Å². The van der Waals surface area contributed by atoms with Gasteiger partial charge in [0.05, 0.1) is 12.4 Å². The molecule has 0 saturated carbocycles. The van der Waals surface area contributed by atoms with Gasteiger partial charge in [-0.1, -0.05) is 13.8 Å². The summed E-state index contributed by atoms with van der Waals surface area (Å²) < 4.78 is 12.7. The molecule has 10 heteroatoms. The Kier molecular flexibility index (Phi) is 5.54. The number of aromatic amines is 1. The van der Waals surface area contributed by atoms with Gasteiger partial charge in [-0.2, -0.15) is 4.98 Å². The van der Waals surface area contributed by atoms with Crippen molar-refractivity contribution >= 4 is 29.0 Å². The predicted octanol–water partition coefficient (Wildman–Crippen LogP) is 1.34. The second-order valence-corrected chi connectivity index (χ2v) is 6.83. The molecule has 2 N–H and O–H groups in total. The van der Waals surface area contributed by atoms with Crippen LogP contribution in [0.1, 0.15) is 46.3 Å². The Morgan fingerprint density at radius 1 is 1.44 bits per heavy atom. The molecule has 146 valence electrons. The lowest BCUT2D eigenvalue weighted by Crippen LogP contribution is -2.30. The number of amides is 1. The topological polar surface area (TPSA) is 128 Å². The van der Waals surface area contributed by atoms with E-state index >= 15 is 0 Å². The zero-order valence-electron chi connectivity index (χ0n) is 15.5. The average Bonchev–Trinajstić information content (AvgIpc) is 3.04. The van der Waals surface area contributed by atoms with Crippen molar-refractivity contribution in [2.75, 3.05) is 11.9 Å². The summed E-state index contributed by atoms with van der Waals surface area (Å²) in [6.07, 6.45) is 3.25. The number of nitrogens with zero attached hydrogens (tertiary/aromatic N) is 3. The summed E-state index contributed by atoms with van der Waals surface area (Å²) in [6.45, 7) is 5.03. The van der Waals surface area contributed by atoms with E-state index in [4.69, 9.17) is 9.47 Å². The van der Waals surface area contributed by atoms with Gasteiger partial charge in [0.15, 0.2) is 11.2 Å². The Labute approximate surface area is 155 Å². The maximum Gasteiger partial charge on any atom is 0.302 e. The first-order chi connectivity index (χ1) is 12.8. The second-order valence-electron chi connectivity index (χ2n) is 6.83. The number of hydrogen-bond donors (Lipinski definition) is 2. The standard InChI is InChI=1S/C17H23N5O5/c1-9(2)15(24)20-17-19-14-13(16(25)21-17)18-8-22(14)12-6-4-5-11(27-12)7-26-10(3)23/h8-9,11-12H,4-7H2,1-3H3,(H2,19,20,21,24,25)/t11-,12+/m0/s1. The van der Waals surface area contributed by atoms with Crippen LogP contribution in [0.2, 0.25) is 0 Å². The van der Waals surface area contributed by atoms with E-state index < -0.39 is 5.56 Å². The first kappa shape index (κ1) is 19.0. The van der Waals surface area contributed by atoms with E-state index in [-0.39, 0.29) is 48.2 Å². The molecule has 2 aromatic rings. The van der Waals surface area contributed by atoms with Crippen molar-refractivity contribution in [3.8, 4) is 0 Å². The molecule has 0 aliphatic carbocycles. The molecule has 0 radical (unpaired) electrons. The highest BCUT2D eigenvalue weighted by Gasteiger charge is 2.26. The maximum atomic E-state index is 12.3. The number of imidazole rings is 1. The number of esters is 1. The first-order valence-electron chi connectivity index (χ1n) is 8.91. The molecule has 0 bridgehead atoms. The van der Waals surface area contributed by atoms with Crippen molar-refractivity contribution < 1.29 is 19.1 Å². The number of ether oxygens (including phenoxy) is 2. The van der Waals surface area contributed by atoms with E-state index in [9.17, 15) is 14.4 Å². The number of aromatic nitrogens is 4. The fourth-order valence-corrected chi connectivity index (χ4v) is 2.87. The molecule has 0 unspecified atom stereocenters. The van der Waals surface area contributed by atoms with Crippen molar-refractivity contribution in [3.05, 3.63) is 16.7 Å². The molecule has 10 nitrogen and oxygen atoms in total. The van der Waals surface area contributed by atoms with Crippen LogP contribution in [-0.2, 0) is 19.1 Å². The van der Waals surface area contributed by atoms with E-state index in [1.807, 2.05) is 0 Å². The van der Waals surface area contributed by atoms with Crippen molar-refractivity contribution in [1.82, 2.24) is 19.5 Å². The summed E-state index contributed by atoms with van der Waals surface area (Å²) in [5.41, 5.74) is 0.0595. The summed E-state index contributed by atoms with van der Waals surface area (Å²) in [7, 11) is 0. The lowest BCUT2D eigenvalue weighted by molar-refractivity contribution is -0.153. The Balaban J connectivity index is 1.86. The van der Waals surface area contributed by atoms with Crippen LogP contribution in [0.4, 0.5) is 5.95 Å². The van der Waals surface area contributed by atoms with E-state index in [0.29, 0.717) is 12.1 Å². The van der Waals surface area contributed by atoms with Gasteiger partial charge < -0.3 is 9.47 Å². The predicted molar refractivity (Wildman–Crippen MR) is 96.0 cm³/mol. The van der Waals surface area contributed by atoms with Gasteiger partial charge in [0.2, 0.25) is 11.9 Å². The van der Waals surface area contributed by atoms with Gasteiger partial charge in [-0.05, 0) is 19.3 Å². The zero-order chi connectivity index (χ0) is 19.6. The lowest BCUT2D eigenvalue weighted by Gasteiger charge is -2.30. The number of nitrogens with one attached hydrogen (secondary N) is 2. The summed E-state index contributed by atoms with van der Waals surface area (Å²) in [6, 6.07) is 0. The number of hydrogen-bond acceptors (Lipinski definition) is 7. The van der Waals surface area contributed by atoms with Crippen molar-refractivity contribution in [1.29, 1.82) is 0 Å². The molecule has 27 heavy (non-hydrogen) atoms. The maximum absolute atomic E-state index is 12.3. The number of anilines is 1. The van der Waals surface area contributed by atoms with Gasteiger partial charge in [0.1, 0.15) is 12.8 Å². The zero-order valence-corrected chi connectivity index (χ0v) is 15.5. The molecule has 2 aromatic heterocycles. The molecular formula is C17H23N5O5. The Bertz CT molecular complexity index is 903. The second kappa shape index (κ2) is 7.87. The van der Waals surface area contributed by atoms with Gasteiger partial charge in [-0.15, -0.1) is 0 Å². The summed E-state index contributed by atoms with van der Waals surface area (Å²) in [5.74, 6) is -0.786. The third-order valence-electron chi connectivity index (χ3n) is 4.31. The van der Waals surface area contributed by atoms with Gasteiger partial charge in [0.25, 0.3) is 5.56 Å². The molecule has 0 aromatic carbocycles. The van der Waals surface area contributed by atoms with Gasteiger partial charge in [-0.3, -0.25) is 29.3 Å². The highest BCUT2D eigenvalue weighted by atomic mass is 16.6. The molecule has 3 heterocycles. The smallest absolute Gasteiger partial charge is 0.302 e. The van der Waals surface area contributed by atoms with Gasteiger partial charge in [0, 0.05) is 12.8 Å². The van der Waals surface area contributed by atoms with Crippen molar-refractivity contribution in [3.63, 3.8) is 0 Å². The Hall–Kier alpha value is -2.75. The van der Waals surface area contributed by atoms with Crippen LogP contribution >= 0.6 is 0 Å². The number of rotatable bonds is 5. The molecule has 1 aliphatic rings. The van der Waals surface area contributed by atoms with E-state index in [1.165, 1.54) is 13.3 Å².